The number of nitrogens with zero attached hydrogens (tertiary/aromatic N) is 3. The Morgan fingerprint density at radius 2 is 2.04 bits per heavy atom. The van der Waals surface area contributed by atoms with Crippen LogP contribution in [0.4, 0.5) is 4.39 Å². The molecule has 0 radical (unpaired) electrons. The van der Waals surface area contributed by atoms with Crippen LogP contribution in [-0.4, -0.2) is 34.2 Å². The molecule has 0 saturated heterocycles. The fourth-order valence-electron chi connectivity index (χ4n) is 3.78. The van der Waals surface area contributed by atoms with Crippen LogP contribution in [0.2, 0.25) is 0 Å². The van der Waals surface area contributed by atoms with Gasteiger partial charge in [0.2, 0.25) is 0 Å². The van der Waals surface area contributed by atoms with Gasteiger partial charge >= 0.3 is 0 Å². The average Bonchev–Trinajstić information content (AvgIpc) is 3.34. The normalized spacial score (nSPS) is 20.6. The lowest BCUT2D eigenvalue weighted by Gasteiger charge is -2.33. The van der Waals surface area contributed by atoms with Gasteiger partial charge in [0.15, 0.2) is 0 Å². The molecule has 25 heavy (non-hydrogen) atoms. The fraction of sp³-hybridized carbons (Fsp3) is 0.550. The van der Waals surface area contributed by atoms with Crippen molar-refractivity contribution < 1.29 is 9.13 Å². The van der Waals surface area contributed by atoms with E-state index in [-0.39, 0.29) is 5.82 Å². The molecule has 1 aliphatic carbocycles. The Morgan fingerprint density at radius 1 is 1.24 bits per heavy atom. The number of imidazole rings is 1. The van der Waals surface area contributed by atoms with Crippen molar-refractivity contribution in [1.82, 2.24) is 14.5 Å². The second-order valence-corrected chi connectivity index (χ2v) is 7.32. The summed E-state index contributed by atoms with van der Waals surface area (Å²) in [5.41, 5.74) is 3.69. The smallest absolute Gasteiger partial charge is 0.123 e. The maximum absolute atomic E-state index is 13.1. The molecule has 0 amide bonds. The van der Waals surface area contributed by atoms with Crippen LogP contribution in [0, 0.1) is 11.7 Å². The third-order valence-electron chi connectivity index (χ3n) is 5.19. The molecule has 0 N–H and O–H groups in total. The summed E-state index contributed by atoms with van der Waals surface area (Å²) in [6.45, 7) is 7.25. The van der Waals surface area contributed by atoms with E-state index < -0.39 is 0 Å². The van der Waals surface area contributed by atoms with Crippen molar-refractivity contribution in [1.29, 1.82) is 0 Å². The van der Waals surface area contributed by atoms with Gasteiger partial charge in [-0.1, -0.05) is 12.1 Å². The largest absolute Gasteiger partial charge is 0.381 e. The Balaban J connectivity index is 1.52. The number of ether oxygens (including phenoxy) is 1. The fourth-order valence-corrected chi connectivity index (χ4v) is 3.78. The Kier molecular flexibility index (Phi) is 4.86. The zero-order chi connectivity index (χ0) is 17.2. The first-order valence-corrected chi connectivity index (χ1v) is 9.31. The summed E-state index contributed by atoms with van der Waals surface area (Å²) in [4.78, 5) is 7.10. The highest BCUT2D eigenvalue weighted by Gasteiger charge is 2.31. The van der Waals surface area contributed by atoms with E-state index >= 15 is 0 Å². The first kappa shape index (κ1) is 16.7. The van der Waals surface area contributed by atoms with Crippen molar-refractivity contribution in [3.63, 3.8) is 0 Å². The summed E-state index contributed by atoms with van der Waals surface area (Å²) in [5.74, 6) is 1.01. The molecule has 2 aliphatic rings. The van der Waals surface area contributed by atoms with Crippen molar-refractivity contribution in [2.75, 3.05) is 19.8 Å². The van der Waals surface area contributed by atoms with Crippen molar-refractivity contribution in [2.24, 2.45) is 5.92 Å². The SMILES string of the molecule is CCOCC1CN(Cc2ccc(F)cc2)Cc2ncn(CC3CC3)c21. The number of rotatable bonds is 7. The lowest BCUT2D eigenvalue weighted by Crippen LogP contribution is -2.36. The predicted octanol–water partition coefficient (Wildman–Crippen LogP) is 3.57. The van der Waals surface area contributed by atoms with Crippen LogP contribution in [0.15, 0.2) is 30.6 Å². The van der Waals surface area contributed by atoms with Crippen molar-refractivity contribution >= 4 is 0 Å². The van der Waals surface area contributed by atoms with Crippen LogP contribution < -0.4 is 0 Å². The van der Waals surface area contributed by atoms with Gasteiger partial charge in [-0.05, 0) is 43.4 Å². The number of benzene rings is 1. The maximum Gasteiger partial charge on any atom is 0.123 e. The highest BCUT2D eigenvalue weighted by molar-refractivity contribution is 5.23. The van der Waals surface area contributed by atoms with Gasteiger partial charge in [-0.15, -0.1) is 0 Å². The van der Waals surface area contributed by atoms with Gasteiger partial charge in [0, 0.05) is 44.4 Å². The molecule has 1 aliphatic heterocycles. The Labute approximate surface area is 148 Å². The zero-order valence-corrected chi connectivity index (χ0v) is 14.8. The molecule has 5 heteroatoms. The second kappa shape index (κ2) is 7.26. The molecule has 1 aromatic heterocycles. The lowest BCUT2D eigenvalue weighted by molar-refractivity contribution is 0.102. The highest BCUT2D eigenvalue weighted by atomic mass is 19.1. The summed E-state index contributed by atoms with van der Waals surface area (Å²) in [5, 5.41) is 0. The molecule has 1 atom stereocenters. The quantitative estimate of drug-likeness (QED) is 0.770. The van der Waals surface area contributed by atoms with Gasteiger partial charge < -0.3 is 9.30 Å². The van der Waals surface area contributed by atoms with Crippen LogP contribution in [0.1, 0.15) is 42.6 Å². The minimum absolute atomic E-state index is 0.183. The van der Waals surface area contributed by atoms with E-state index in [0.717, 1.165) is 50.9 Å². The van der Waals surface area contributed by atoms with E-state index in [1.165, 1.54) is 36.4 Å². The molecule has 134 valence electrons. The summed E-state index contributed by atoms with van der Waals surface area (Å²) < 4.78 is 21.3. The standard InChI is InChI=1S/C20H26FN3O/c1-2-25-13-17-11-23(9-15-5-7-18(21)8-6-15)12-19-20(17)24(14-22-19)10-16-3-4-16/h5-8,14,16-17H,2-4,9-13H2,1H3. The second-order valence-electron chi connectivity index (χ2n) is 7.32. The Hall–Kier alpha value is -1.72. The van der Waals surface area contributed by atoms with E-state index in [1.807, 2.05) is 25.4 Å². The van der Waals surface area contributed by atoms with Crippen LogP contribution in [0.3, 0.4) is 0 Å². The van der Waals surface area contributed by atoms with Gasteiger partial charge in [0.05, 0.1) is 18.6 Å². The van der Waals surface area contributed by atoms with Crippen LogP contribution in [-0.2, 0) is 24.4 Å². The zero-order valence-electron chi connectivity index (χ0n) is 14.8. The molecular weight excluding hydrogens is 317 g/mol. The molecule has 0 spiro atoms. The predicted molar refractivity (Wildman–Crippen MR) is 94.7 cm³/mol. The van der Waals surface area contributed by atoms with E-state index in [2.05, 4.69) is 9.47 Å². The molecule has 2 aromatic rings. The highest BCUT2D eigenvalue weighted by Crippen LogP contribution is 2.34. The van der Waals surface area contributed by atoms with Gasteiger partial charge in [-0.3, -0.25) is 4.90 Å². The van der Waals surface area contributed by atoms with E-state index in [9.17, 15) is 4.39 Å². The first-order chi connectivity index (χ1) is 12.2. The molecule has 4 nitrogen and oxygen atoms in total. The summed E-state index contributed by atoms with van der Waals surface area (Å²) >= 11 is 0. The monoisotopic (exact) mass is 343 g/mol. The first-order valence-electron chi connectivity index (χ1n) is 9.31. The topological polar surface area (TPSA) is 30.3 Å². The maximum atomic E-state index is 13.1. The molecule has 2 heterocycles. The molecule has 1 unspecified atom stereocenters. The number of aromatic nitrogens is 2. The summed E-state index contributed by atoms with van der Waals surface area (Å²) in [6, 6.07) is 6.81. The number of fused-ring (bicyclic) bond motifs is 1. The van der Waals surface area contributed by atoms with Gasteiger partial charge in [0.25, 0.3) is 0 Å². The minimum Gasteiger partial charge on any atom is -0.381 e. The average molecular weight is 343 g/mol. The molecular formula is C20H26FN3O. The molecule has 1 fully saturated rings. The molecule has 1 aromatic carbocycles. The van der Waals surface area contributed by atoms with Gasteiger partial charge in [0.1, 0.15) is 5.82 Å². The van der Waals surface area contributed by atoms with E-state index in [1.54, 1.807) is 0 Å². The molecule has 1 saturated carbocycles. The van der Waals surface area contributed by atoms with Gasteiger partial charge in [-0.2, -0.15) is 0 Å². The van der Waals surface area contributed by atoms with E-state index in [4.69, 9.17) is 9.72 Å². The third-order valence-corrected chi connectivity index (χ3v) is 5.19. The van der Waals surface area contributed by atoms with Crippen molar-refractivity contribution in [3.05, 3.63) is 53.4 Å². The summed E-state index contributed by atoms with van der Waals surface area (Å²) in [6.07, 6.45) is 4.71. The van der Waals surface area contributed by atoms with Crippen LogP contribution in [0.25, 0.3) is 0 Å². The number of hydrogen-bond donors (Lipinski definition) is 0. The van der Waals surface area contributed by atoms with Crippen molar-refractivity contribution in [3.8, 4) is 0 Å². The molecule has 4 rings (SSSR count). The lowest BCUT2D eigenvalue weighted by atomic mass is 9.98. The van der Waals surface area contributed by atoms with E-state index in [0.29, 0.717) is 5.92 Å². The third kappa shape index (κ3) is 3.93. The minimum atomic E-state index is -0.183. The van der Waals surface area contributed by atoms with Crippen molar-refractivity contribution in [2.45, 2.75) is 45.3 Å². The Bertz CT molecular complexity index is 708. The van der Waals surface area contributed by atoms with Crippen LogP contribution >= 0.6 is 0 Å². The van der Waals surface area contributed by atoms with Gasteiger partial charge in [-0.25, -0.2) is 9.37 Å². The number of hydrogen-bond acceptors (Lipinski definition) is 3. The number of halogens is 1. The van der Waals surface area contributed by atoms with Crippen LogP contribution in [0.5, 0.6) is 0 Å². The Morgan fingerprint density at radius 3 is 2.76 bits per heavy atom. The molecule has 0 bridgehead atoms. The summed E-state index contributed by atoms with van der Waals surface area (Å²) in [7, 11) is 0.